The topological polar surface area (TPSA) is 82.8 Å². The molecule has 0 radical (unpaired) electrons. The van der Waals surface area contributed by atoms with Crippen LogP contribution in [0.2, 0.25) is 0 Å². The fourth-order valence-electron chi connectivity index (χ4n) is 3.61. The average Bonchev–Trinajstić information content (AvgIpc) is 2.97. The predicted molar refractivity (Wildman–Crippen MR) is 92.8 cm³/mol. The van der Waals surface area contributed by atoms with E-state index in [9.17, 15) is 4.39 Å². The van der Waals surface area contributed by atoms with Crippen molar-refractivity contribution in [2.75, 3.05) is 5.73 Å². The molecule has 1 fully saturated rings. The minimum Gasteiger partial charge on any atom is -0.383 e. The van der Waals surface area contributed by atoms with Crippen LogP contribution in [0, 0.1) is 5.82 Å². The van der Waals surface area contributed by atoms with Gasteiger partial charge in [0.15, 0.2) is 0 Å². The lowest BCUT2D eigenvalue weighted by Gasteiger charge is -2.27. The summed E-state index contributed by atoms with van der Waals surface area (Å²) >= 11 is 0. The van der Waals surface area contributed by atoms with Gasteiger partial charge in [-0.3, -0.25) is 0 Å². The Morgan fingerprint density at radius 1 is 1.04 bits per heavy atom. The molecule has 1 aliphatic carbocycles. The van der Waals surface area contributed by atoms with Gasteiger partial charge < -0.3 is 16.0 Å². The Labute approximate surface area is 139 Å². The summed E-state index contributed by atoms with van der Waals surface area (Å²) < 4.78 is 15.5. The minimum atomic E-state index is -0.257. The molecule has 2 heterocycles. The molecule has 0 spiro atoms. The largest absolute Gasteiger partial charge is 0.383 e. The number of nitrogens with zero attached hydrogens (tertiary/aromatic N) is 3. The summed E-state index contributed by atoms with van der Waals surface area (Å²) in [4.78, 5) is 8.61. The molecule has 6 heteroatoms. The third-order valence-corrected chi connectivity index (χ3v) is 4.93. The van der Waals surface area contributed by atoms with Gasteiger partial charge in [-0.2, -0.15) is 0 Å². The van der Waals surface area contributed by atoms with Crippen molar-refractivity contribution >= 4 is 16.9 Å². The van der Waals surface area contributed by atoms with Crippen LogP contribution in [0.1, 0.15) is 31.7 Å². The van der Waals surface area contributed by atoms with E-state index in [1.807, 2.05) is 0 Å². The van der Waals surface area contributed by atoms with Crippen molar-refractivity contribution in [1.29, 1.82) is 0 Å². The van der Waals surface area contributed by atoms with Crippen molar-refractivity contribution in [2.24, 2.45) is 5.73 Å². The number of halogens is 1. The van der Waals surface area contributed by atoms with Crippen molar-refractivity contribution in [3.8, 4) is 11.1 Å². The zero-order valence-corrected chi connectivity index (χ0v) is 13.3. The van der Waals surface area contributed by atoms with Crippen LogP contribution in [0.25, 0.3) is 22.2 Å². The van der Waals surface area contributed by atoms with Gasteiger partial charge in [0.05, 0.1) is 5.39 Å². The van der Waals surface area contributed by atoms with Gasteiger partial charge in [-0.1, -0.05) is 12.1 Å². The second-order valence-electron chi connectivity index (χ2n) is 6.48. The van der Waals surface area contributed by atoms with Gasteiger partial charge in [0.25, 0.3) is 0 Å². The first-order valence-corrected chi connectivity index (χ1v) is 8.26. The molecule has 0 atom stereocenters. The summed E-state index contributed by atoms with van der Waals surface area (Å²) in [6.07, 6.45) is 7.64. The average molecular weight is 325 g/mol. The molecule has 1 saturated carbocycles. The smallest absolute Gasteiger partial charge is 0.146 e. The van der Waals surface area contributed by atoms with Crippen molar-refractivity contribution in [3.05, 3.63) is 42.6 Å². The first-order valence-electron chi connectivity index (χ1n) is 8.26. The molecule has 24 heavy (non-hydrogen) atoms. The number of nitrogen functional groups attached to an aromatic ring is 1. The summed E-state index contributed by atoms with van der Waals surface area (Å²) in [7, 11) is 0. The number of rotatable bonds is 2. The Balaban J connectivity index is 1.87. The molecule has 5 nitrogen and oxygen atoms in total. The fourth-order valence-corrected chi connectivity index (χ4v) is 3.61. The number of anilines is 1. The third-order valence-electron chi connectivity index (χ3n) is 4.93. The van der Waals surface area contributed by atoms with E-state index in [-0.39, 0.29) is 5.82 Å². The molecule has 4 rings (SSSR count). The van der Waals surface area contributed by atoms with E-state index >= 15 is 0 Å². The maximum absolute atomic E-state index is 13.3. The second kappa shape index (κ2) is 5.87. The van der Waals surface area contributed by atoms with Crippen molar-refractivity contribution in [2.45, 2.75) is 37.8 Å². The van der Waals surface area contributed by atoms with Crippen LogP contribution in [0.5, 0.6) is 0 Å². The van der Waals surface area contributed by atoms with Crippen molar-refractivity contribution in [1.82, 2.24) is 14.5 Å². The van der Waals surface area contributed by atoms with Gasteiger partial charge in [-0.15, -0.1) is 0 Å². The van der Waals surface area contributed by atoms with Gasteiger partial charge in [0, 0.05) is 23.8 Å². The minimum absolute atomic E-state index is 0.257. The highest BCUT2D eigenvalue weighted by Crippen LogP contribution is 2.37. The maximum atomic E-state index is 13.3. The molecular formula is C18H20FN5. The van der Waals surface area contributed by atoms with Crippen molar-refractivity contribution < 1.29 is 4.39 Å². The molecule has 0 saturated heterocycles. The molecule has 0 amide bonds. The highest BCUT2D eigenvalue weighted by Gasteiger charge is 2.24. The molecule has 1 aromatic carbocycles. The second-order valence-corrected chi connectivity index (χ2v) is 6.48. The highest BCUT2D eigenvalue weighted by atomic mass is 19.1. The Hall–Kier alpha value is -2.47. The fraction of sp³-hybridized carbons (Fsp3) is 0.333. The van der Waals surface area contributed by atoms with E-state index in [2.05, 4.69) is 20.7 Å². The normalized spacial score (nSPS) is 21.2. The van der Waals surface area contributed by atoms with Crippen LogP contribution in [0.15, 0.2) is 36.8 Å². The van der Waals surface area contributed by atoms with Crippen LogP contribution in [-0.2, 0) is 0 Å². The van der Waals surface area contributed by atoms with E-state index in [0.29, 0.717) is 17.9 Å². The van der Waals surface area contributed by atoms with E-state index in [4.69, 9.17) is 11.5 Å². The van der Waals surface area contributed by atoms with E-state index in [1.165, 1.54) is 18.5 Å². The lowest BCUT2D eigenvalue weighted by atomic mass is 9.92. The molecule has 124 valence electrons. The maximum Gasteiger partial charge on any atom is 0.146 e. The third kappa shape index (κ3) is 2.53. The number of fused-ring (bicyclic) bond motifs is 1. The van der Waals surface area contributed by atoms with E-state index < -0.39 is 0 Å². The zero-order valence-electron chi connectivity index (χ0n) is 13.3. The Kier molecular flexibility index (Phi) is 3.69. The molecular weight excluding hydrogens is 305 g/mol. The van der Waals surface area contributed by atoms with Gasteiger partial charge in [0.1, 0.15) is 23.6 Å². The SMILES string of the molecule is Nc1ncnc2c1c(-c1ccc(F)cc1)cn2C1CCC(N)CC1. The van der Waals surface area contributed by atoms with Crippen LogP contribution in [0.4, 0.5) is 10.2 Å². The Bertz CT molecular complexity index is 863. The number of hydrogen-bond acceptors (Lipinski definition) is 4. The van der Waals surface area contributed by atoms with Gasteiger partial charge >= 0.3 is 0 Å². The van der Waals surface area contributed by atoms with Gasteiger partial charge in [-0.25, -0.2) is 14.4 Å². The quantitative estimate of drug-likeness (QED) is 0.757. The summed E-state index contributed by atoms with van der Waals surface area (Å²) in [5.74, 6) is 0.193. The summed E-state index contributed by atoms with van der Waals surface area (Å²) in [6, 6.07) is 7.08. The molecule has 3 aromatic rings. The molecule has 1 aliphatic rings. The van der Waals surface area contributed by atoms with Gasteiger partial charge in [-0.05, 0) is 43.4 Å². The number of nitrogens with two attached hydrogens (primary N) is 2. The molecule has 4 N–H and O–H groups in total. The predicted octanol–water partition coefficient (Wildman–Crippen LogP) is 3.26. The lowest BCUT2D eigenvalue weighted by molar-refractivity contribution is 0.329. The standard InChI is InChI=1S/C18H20FN5/c19-12-3-1-11(2-4-12)15-9-24(14-7-5-13(20)6-8-14)18-16(15)17(21)22-10-23-18/h1-4,9-10,13-14H,5-8,20H2,(H2,21,22,23). The van der Waals surface area contributed by atoms with Crippen molar-refractivity contribution in [3.63, 3.8) is 0 Å². The molecule has 0 unspecified atom stereocenters. The highest BCUT2D eigenvalue weighted by molar-refractivity contribution is 6.00. The number of aromatic nitrogens is 3. The lowest BCUT2D eigenvalue weighted by Crippen LogP contribution is -2.27. The van der Waals surface area contributed by atoms with Crippen LogP contribution in [-0.4, -0.2) is 20.6 Å². The zero-order chi connectivity index (χ0) is 16.7. The molecule has 2 aromatic heterocycles. The van der Waals surface area contributed by atoms with Crippen LogP contribution >= 0.6 is 0 Å². The van der Waals surface area contributed by atoms with Gasteiger partial charge in [0.2, 0.25) is 0 Å². The first kappa shape index (κ1) is 15.1. The molecule has 0 bridgehead atoms. The Morgan fingerprint density at radius 3 is 2.46 bits per heavy atom. The van der Waals surface area contributed by atoms with E-state index in [1.54, 1.807) is 12.1 Å². The number of benzene rings is 1. The first-order chi connectivity index (χ1) is 11.6. The summed E-state index contributed by atoms with van der Waals surface area (Å²) in [6.45, 7) is 0. The number of hydrogen-bond donors (Lipinski definition) is 2. The van der Waals surface area contributed by atoms with Crippen LogP contribution in [0.3, 0.4) is 0 Å². The van der Waals surface area contributed by atoms with Crippen LogP contribution < -0.4 is 11.5 Å². The summed E-state index contributed by atoms with van der Waals surface area (Å²) in [5, 5.41) is 0.832. The van der Waals surface area contributed by atoms with E-state index in [0.717, 1.165) is 47.8 Å². The monoisotopic (exact) mass is 325 g/mol. The Morgan fingerprint density at radius 2 is 1.75 bits per heavy atom. The molecule has 0 aliphatic heterocycles. The summed E-state index contributed by atoms with van der Waals surface area (Å²) in [5.41, 5.74) is 14.9.